The molecule has 0 fully saturated rings. The van der Waals surface area contributed by atoms with E-state index in [1.165, 1.54) is 13.0 Å². The first kappa shape index (κ1) is 10.6. The molecule has 0 aromatic rings. The first-order valence-corrected chi connectivity index (χ1v) is 4.45. The summed E-state index contributed by atoms with van der Waals surface area (Å²) in [6.45, 7) is 1.49. The van der Waals surface area contributed by atoms with Crippen LogP contribution in [-0.4, -0.2) is 19.1 Å². The van der Waals surface area contributed by atoms with Crippen LogP contribution in [0.1, 0.15) is 13.3 Å². The zero-order valence-electron chi connectivity index (χ0n) is 6.19. The van der Waals surface area contributed by atoms with Crippen molar-refractivity contribution in [1.82, 2.24) is 0 Å². The van der Waals surface area contributed by atoms with Crippen LogP contribution in [0.3, 0.4) is 0 Å². The molecular weight excluding hydrogens is 168 g/mol. The summed E-state index contributed by atoms with van der Waals surface area (Å²) in [6, 6.07) is 0. The monoisotopic (exact) mass is 180 g/mol. The average Bonchev–Trinajstić information content (AvgIpc) is 1.79. The molecule has 0 atom stereocenters. The molecule has 0 aromatic heterocycles. The van der Waals surface area contributed by atoms with Gasteiger partial charge in [0.05, 0.1) is 11.1 Å². The predicted octanol–water partition coefficient (Wildman–Crippen LogP) is -0.588. The molecule has 11 heavy (non-hydrogen) atoms. The fourth-order valence-corrected chi connectivity index (χ4v) is 1.31. The van der Waals surface area contributed by atoms with Crippen LogP contribution in [0, 0.1) is 0 Å². The molecule has 5 nitrogen and oxygen atoms in total. The predicted molar refractivity (Wildman–Crippen MR) is 42.1 cm³/mol. The van der Waals surface area contributed by atoms with Crippen LogP contribution < -0.4 is 11.5 Å². The van der Waals surface area contributed by atoms with Crippen LogP contribution >= 0.6 is 0 Å². The van der Waals surface area contributed by atoms with Crippen molar-refractivity contribution in [2.24, 2.45) is 11.5 Å². The lowest BCUT2D eigenvalue weighted by atomic mass is 10.3. The van der Waals surface area contributed by atoms with Crippen molar-refractivity contribution in [3.05, 3.63) is 11.0 Å². The molecule has 0 heterocycles. The van der Waals surface area contributed by atoms with Gasteiger partial charge in [0.15, 0.2) is 0 Å². The SMILES string of the molecule is CC=C(CC(N)N)S(=O)(=O)O. The van der Waals surface area contributed by atoms with Crippen LogP contribution in [0.2, 0.25) is 0 Å². The van der Waals surface area contributed by atoms with Gasteiger partial charge in [-0.15, -0.1) is 0 Å². The first-order chi connectivity index (χ1) is 4.88. The minimum absolute atomic E-state index is 0.0463. The van der Waals surface area contributed by atoms with Crippen LogP contribution in [0.15, 0.2) is 11.0 Å². The third-order valence-electron chi connectivity index (χ3n) is 1.09. The van der Waals surface area contributed by atoms with Gasteiger partial charge in [-0.1, -0.05) is 6.08 Å². The van der Waals surface area contributed by atoms with Gasteiger partial charge in [0.25, 0.3) is 10.1 Å². The Labute approximate surface area is 65.8 Å². The first-order valence-electron chi connectivity index (χ1n) is 3.01. The molecule has 0 rings (SSSR count). The zero-order valence-corrected chi connectivity index (χ0v) is 7.00. The third kappa shape index (κ3) is 4.10. The second-order valence-corrected chi connectivity index (χ2v) is 3.57. The van der Waals surface area contributed by atoms with Gasteiger partial charge in [0.1, 0.15) is 0 Å². The minimum Gasteiger partial charge on any atom is -0.316 e. The van der Waals surface area contributed by atoms with E-state index in [9.17, 15) is 8.42 Å². The molecule has 6 heteroatoms. The van der Waals surface area contributed by atoms with Crippen molar-refractivity contribution in [1.29, 1.82) is 0 Å². The number of allylic oxidation sites excluding steroid dienone is 1. The molecular formula is C5H12N2O3S. The fourth-order valence-electron chi connectivity index (χ4n) is 0.604. The maximum atomic E-state index is 10.5. The molecule has 0 aliphatic carbocycles. The van der Waals surface area contributed by atoms with Gasteiger partial charge in [0.2, 0.25) is 0 Å². The van der Waals surface area contributed by atoms with E-state index in [2.05, 4.69) is 0 Å². The molecule has 0 radical (unpaired) electrons. The van der Waals surface area contributed by atoms with E-state index in [4.69, 9.17) is 16.0 Å². The average molecular weight is 180 g/mol. The maximum absolute atomic E-state index is 10.5. The van der Waals surface area contributed by atoms with Crippen molar-refractivity contribution >= 4 is 10.1 Å². The molecule has 0 saturated carbocycles. The molecule has 0 unspecified atom stereocenters. The summed E-state index contributed by atoms with van der Waals surface area (Å²) in [5, 5.41) is 0. The summed E-state index contributed by atoms with van der Waals surface area (Å²) in [6.07, 6.45) is 0.459. The van der Waals surface area contributed by atoms with Crippen LogP contribution in [0.25, 0.3) is 0 Å². The van der Waals surface area contributed by atoms with Crippen molar-refractivity contribution in [2.45, 2.75) is 19.5 Å². The summed E-state index contributed by atoms with van der Waals surface area (Å²) in [7, 11) is -4.11. The van der Waals surface area contributed by atoms with Gasteiger partial charge >= 0.3 is 0 Å². The molecule has 0 saturated heterocycles. The van der Waals surface area contributed by atoms with E-state index in [0.717, 1.165) is 0 Å². The molecule has 5 N–H and O–H groups in total. The summed E-state index contributed by atoms with van der Waals surface area (Å²) >= 11 is 0. The Bertz CT molecular complexity index is 242. The maximum Gasteiger partial charge on any atom is 0.290 e. The largest absolute Gasteiger partial charge is 0.316 e. The highest BCUT2D eigenvalue weighted by Crippen LogP contribution is 2.08. The molecule has 0 bridgehead atoms. The quantitative estimate of drug-likeness (QED) is 0.397. The standard InChI is InChI=1S/C5H12N2O3S/c1-2-4(3-5(6)7)11(8,9)10/h2,5H,3,6-7H2,1H3,(H,8,9,10). The second kappa shape index (κ2) is 3.82. The fraction of sp³-hybridized carbons (Fsp3) is 0.600. The van der Waals surface area contributed by atoms with Gasteiger partial charge in [-0.25, -0.2) is 0 Å². The van der Waals surface area contributed by atoms with Crippen molar-refractivity contribution < 1.29 is 13.0 Å². The Balaban J connectivity index is 4.48. The van der Waals surface area contributed by atoms with E-state index in [1.54, 1.807) is 0 Å². The Hall–Kier alpha value is -0.430. The van der Waals surface area contributed by atoms with Gasteiger partial charge < -0.3 is 11.5 Å². The van der Waals surface area contributed by atoms with E-state index < -0.39 is 16.3 Å². The van der Waals surface area contributed by atoms with Crippen molar-refractivity contribution in [2.75, 3.05) is 0 Å². The Morgan fingerprint density at radius 2 is 2.09 bits per heavy atom. The molecule has 0 aromatic carbocycles. The summed E-state index contributed by atoms with van der Waals surface area (Å²) in [5.74, 6) is 0. The van der Waals surface area contributed by atoms with Crippen LogP contribution in [0.4, 0.5) is 0 Å². The number of rotatable bonds is 3. The summed E-state index contributed by atoms with van der Waals surface area (Å²) in [5.41, 5.74) is 10.3. The number of hydrogen-bond donors (Lipinski definition) is 3. The topological polar surface area (TPSA) is 106 Å². The molecule has 0 aliphatic heterocycles. The third-order valence-corrected chi connectivity index (χ3v) is 2.16. The van der Waals surface area contributed by atoms with E-state index in [-0.39, 0.29) is 11.3 Å². The van der Waals surface area contributed by atoms with E-state index >= 15 is 0 Å². The van der Waals surface area contributed by atoms with E-state index in [0.29, 0.717) is 0 Å². The minimum atomic E-state index is -4.11. The van der Waals surface area contributed by atoms with Gasteiger partial charge in [-0.3, -0.25) is 4.55 Å². The highest BCUT2D eigenvalue weighted by atomic mass is 32.2. The van der Waals surface area contributed by atoms with E-state index in [1.807, 2.05) is 0 Å². The highest BCUT2D eigenvalue weighted by molar-refractivity contribution is 7.89. The Morgan fingerprint density at radius 1 is 1.64 bits per heavy atom. The Kier molecular flexibility index (Phi) is 3.67. The number of nitrogens with two attached hydrogens (primary N) is 2. The highest BCUT2D eigenvalue weighted by Gasteiger charge is 2.13. The molecule has 0 spiro atoms. The lowest BCUT2D eigenvalue weighted by Gasteiger charge is -2.05. The second-order valence-electron chi connectivity index (χ2n) is 2.10. The van der Waals surface area contributed by atoms with Gasteiger partial charge in [0, 0.05) is 6.42 Å². The number of hydrogen-bond acceptors (Lipinski definition) is 4. The van der Waals surface area contributed by atoms with Gasteiger partial charge in [-0.05, 0) is 6.92 Å². The summed E-state index contributed by atoms with van der Waals surface area (Å²) < 4.78 is 29.5. The van der Waals surface area contributed by atoms with Crippen molar-refractivity contribution in [3.63, 3.8) is 0 Å². The summed E-state index contributed by atoms with van der Waals surface area (Å²) in [4.78, 5) is -0.146. The van der Waals surface area contributed by atoms with Gasteiger partial charge in [-0.2, -0.15) is 8.42 Å². The lowest BCUT2D eigenvalue weighted by molar-refractivity contribution is 0.487. The lowest BCUT2D eigenvalue weighted by Crippen LogP contribution is -2.31. The molecule has 0 aliphatic rings. The van der Waals surface area contributed by atoms with Crippen LogP contribution in [0.5, 0.6) is 0 Å². The smallest absolute Gasteiger partial charge is 0.290 e. The Morgan fingerprint density at radius 3 is 2.18 bits per heavy atom. The van der Waals surface area contributed by atoms with Crippen molar-refractivity contribution in [3.8, 4) is 0 Å². The zero-order chi connectivity index (χ0) is 9.07. The normalized spacial score (nSPS) is 14.1. The van der Waals surface area contributed by atoms with Crippen LogP contribution in [-0.2, 0) is 10.1 Å². The molecule has 0 amide bonds. The molecule has 66 valence electrons.